The third-order valence-electron chi connectivity index (χ3n) is 3.35. The second-order valence-corrected chi connectivity index (χ2v) is 4.23. The lowest BCUT2D eigenvalue weighted by atomic mass is 10.1. The molecule has 2 nitrogen and oxygen atoms in total. The molecule has 0 aromatic carbocycles. The Bertz CT molecular complexity index is 149. The highest BCUT2D eigenvalue weighted by Gasteiger charge is 2.27. The summed E-state index contributed by atoms with van der Waals surface area (Å²) in [5, 5.41) is 3.45. The van der Waals surface area contributed by atoms with Crippen molar-refractivity contribution in [3.63, 3.8) is 0 Å². The Kier molecular flexibility index (Phi) is 7.13. The molecule has 2 fully saturated rings. The number of halogens is 2. The van der Waals surface area contributed by atoms with Gasteiger partial charge in [0.1, 0.15) is 0 Å². The molecule has 0 amide bonds. The van der Waals surface area contributed by atoms with E-state index in [4.69, 9.17) is 0 Å². The van der Waals surface area contributed by atoms with Crippen LogP contribution < -0.4 is 5.32 Å². The molecule has 14 heavy (non-hydrogen) atoms. The van der Waals surface area contributed by atoms with E-state index < -0.39 is 0 Å². The lowest BCUT2D eigenvalue weighted by molar-refractivity contribution is 0.119. The molecule has 1 aliphatic heterocycles. The van der Waals surface area contributed by atoms with Gasteiger partial charge in [-0.15, -0.1) is 24.8 Å². The third kappa shape index (κ3) is 3.27. The topological polar surface area (TPSA) is 15.3 Å². The van der Waals surface area contributed by atoms with E-state index >= 15 is 0 Å². The lowest BCUT2D eigenvalue weighted by Crippen LogP contribution is -2.53. The van der Waals surface area contributed by atoms with Crippen LogP contribution in [0.4, 0.5) is 0 Å². The van der Waals surface area contributed by atoms with Crippen LogP contribution in [0.3, 0.4) is 0 Å². The Morgan fingerprint density at radius 1 is 1.14 bits per heavy atom. The van der Waals surface area contributed by atoms with E-state index in [1.807, 2.05) is 0 Å². The first-order chi connectivity index (χ1) is 5.88. The smallest absolute Gasteiger partial charge is 0.0195 e. The molecular formula is C10H22Cl2N2. The first-order valence-electron chi connectivity index (χ1n) is 5.34. The van der Waals surface area contributed by atoms with Crippen molar-refractivity contribution in [2.24, 2.45) is 0 Å². The molecule has 0 radical (unpaired) electrons. The number of rotatable bonds is 1. The molecule has 0 bridgehead atoms. The van der Waals surface area contributed by atoms with E-state index in [-0.39, 0.29) is 24.8 Å². The number of nitrogens with one attached hydrogen (secondary N) is 1. The Morgan fingerprint density at radius 3 is 2.36 bits per heavy atom. The maximum Gasteiger partial charge on any atom is 0.0195 e. The molecule has 1 saturated heterocycles. The predicted molar refractivity (Wildman–Crippen MR) is 65.8 cm³/mol. The van der Waals surface area contributed by atoms with E-state index in [1.54, 1.807) is 0 Å². The van der Waals surface area contributed by atoms with Crippen molar-refractivity contribution in [2.45, 2.75) is 44.7 Å². The normalized spacial score (nSPS) is 29.4. The number of hydrogen-bond donors (Lipinski definition) is 1. The number of nitrogens with zero attached hydrogens (tertiary/aromatic N) is 1. The lowest BCUT2D eigenvalue weighted by Gasteiger charge is -2.38. The van der Waals surface area contributed by atoms with Crippen LogP contribution in [0.15, 0.2) is 0 Å². The van der Waals surface area contributed by atoms with Gasteiger partial charge in [0.05, 0.1) is 0 Å². The van der Waals surface area contributed by atoms with Crippen molar-refractivity contribution in [3.8, 4) is 0 Å². The van der Waals surface area contributed by atoms with Crippen molar-refractivity contribution < 1.29 is 0 Å². The summed E-state index contributed by atoms with van der Waals surface area (Å²) >= 11 is 0. The largest absolute Gasteiger partial charge is 0.314 e. The SMILES string of the molecule is CC1CNCCN1C1CCCC1.Cl.Cl. The van der Waals surface area contributed by atoms with Crippen LogP contribution in [0.2, 0.25) is 0 Å². The van der Waals surface area contributed by atoms with Gasteiger partial charge in [0.2, 0.25) is 0 Å². The summed E-state index contributed by atoms with van der Waals surface area (Å²) in [4.78, 5) is 2.71. The van der Waals surface area contributed by atoms with Gasteiger partial charge < -0.3 is 5.32 Å². The summed E-state index contributed by atoms with van der Waals surface area (Å²) in [6.45, 7) is 6.01. The molecule has 0 spiro atoms. The zero-order valence-electron chi connectivity index (χ0n) is 8.87. The van der Waals surface area contributed by atoms with Gasteiger partial charge in [-0.25, -0.2) is 0 Å². The van der Waals surface area contributed by atoms with Crippen molar-refractivity contribution in [3.05, 3.63) is 0 Å². The van der Waals surface area contributed by atoms with Crippen LogP contribution in [0.5, 0.6) is 0 Å². The van der Waals surface area contributed by atoms with Crippen LogP contribution >= 0.6 is 24.8 Å². The molecule has 2 aliphatic rings. The summed E-state index contributed by atoms with van der Waals surface area (Å²) in [6, 6.07) is 1.68. The maximum absolute atomic E-state index is 3.45. The average Bonchev–Trinajstić information content (AvgIpc) is 2.57. The van der Waals surface area contributed by atoms with Crippen LogP contribution in [-0.4, -0.2) is 36.6 Å². The first kappa shape index (κ1) is 14.5. The fourth-order valence-electron chi connectivity index (χ4n) is 2.64. The molecule has 1 N–H and O–H groups in total. The average molecular weight is 241 g/mol. The predicted octanol–water partition coefficient (Wildman–Crippen LogP) is 2.07. The van der Waals surface area contributed by atoms with Crippen LogP contribution in [-0.2, 0) is 0 Å². The van der Waals surface area contributed by atoms with Crippen molar-refractivity contribution in [1.29, 1.82) is 0 Å². The molecule has 1 saturated carbocycles. The molecule has 0 aromatic heterocycles. The van der Waals surface area contributed by atoms with Gasteiger partial charge in [-0.1, -0.05) is 12.8 Å². The van der Waals surface area contributed by atoms with Crippen LogP contribution in [0.1, 0.15) is 32.6 Å². The first-order valence-corrected chi connectivity index (χ1v) is 5.34. The molecule has 2 rings (SSSR count). The van der Waals surface area contributed by atoms with Gasteiger partial charge in [-0.3, -0.25) is 4.90 Å². The quantitative estimate of drug-likeness (QED) is 0.756. The minimum absolute atomic E-state index is 0. The van der Waals surface area contributed by atoms with Gasteiger partial charge in [0.15, 0.2) is 0 Å². The van der Waals surface area contributed by atoms with Gasteiger partial charge in [0.25, 0.3) is 0 Å². The van der Waals surface area contributed by atoms with Gasteiger partial charge in [-0.2, -0.15) is 0 Å². The highest BCUT2D eigenvalue weighted by Crippen LogP contribution is 2.25. The summed E-state index contributed by atoms with van der Waals surface area (Å²) in [5.41, 5.74) is 0. The monoisotopic (exact) mass is 240 g/mol. The third-order valence-corrected chi connectivity index (χ3v) is 3.35. The Hall–Kier alpha value is 0.500. The Balaban J connectivity index is 0.000000845. The minimum Gasteiger partial charge on any atom is -0.314 e. The van der Waals surface area contributed by atoms with E-state index in [1.165, 1.54) is 45.3 Å². The highest BCUT2D eigenvalue weighted by atomic mass is 35.5. The van der Waals surface area contributed by atoms with Crippen LogP contribution in [0.25, 0.3) is 0 Å². The fourth-order valence-corrected chi connectivity index (χ4v) is 2.64. The van der Waals surface area contributed by atoms with Gasteiger partial charge in [-0.05, 0) is 19.8 Å². The van der Waals surface area contributed by atoms with E-state index in [2.05, 4.69) is 17.1 Å². The minimum atomic E-state index is 0. The molecule has 1 unspecified atom stereocenters. The Morgan fingerprint density at radius 2 is 1.79 bits per heavy atom. The number of hydrogen-bond acceptors (Lipinski definition) is 2. The fraction of sp³-hybridized carbons (Fsp3) is 1.00. The number of piperazine rings is 1. The maximum atomic E-state index is 3.45. The molecule has 1 heterocycles. The van der Waals surface area contributed by atoms with Crippen molar-refractivity contribution in [2.75, 3.05) is 19.6 Å². The van der Waals surface area contributed by atoms with Gasteiger partial charge >= 0.3 is 0 Å². The molecular weight excluding hydrogens is 219 g/mol. The van der Waals surface area contributed by atoms with E-state index in [0.29, 0.717) is 0 Å². The molecule has 0 aromatic rings. The molecule has 1 atom stereocenters. The summed E-state index contributed by atoms with van der Waals surface area (Å²) in [6.07, 6.45) is 5.82. The Labute approximate surface area is 99.6 Å². The van der Waals surface area contributed by atoms with Crippen molar-refractivity contribution in [1.82, 2.24) is 10.2 Å². The second kappa shape index (κ2) is 6.89. The standard InChI is InChI=1S/C10H20N2.2ClH/c1-9-8-11-6-7-12(9)10-4-2-3-5-10;;/h9-11H,2-8H2,1H3;2*1H. The molecule has 1 aliphatic carbocycles. The zero-order chi connectivity index (χ0) is 8.39. The van der Waals surface area contributed by atoms with Crippen molar-refractivity contribution >= 4 is 24.8 Å². The highest BCUT2D eigenvalue weighted by molar-refractivity contribution is 5.85. The molecule has 4 heteroatoms. The molecule has 86 valence electrons. The summed E-state index contributed by atoms with van der Waals surface area (Å²) < 4.78 is 0. The zero-order valence-corrected chi connectivity index (χ0v) is 10.5. The van der Waals surface area contributed by atoms with Crippen LogP contribution in [0, 0.1) is 0 Å². The summed E-state index contributed by atoms with van der Waals surface area (Å²) in [7, 11) is 0. The van der Waals surface area contributed by atoms with Gasteiger partial charge in [0, 0.05) is 31.7 Å². The summed E-state index contributed by atoms with van der Waals surface area (Å²) in [5.74, 6) is 0. The van der Waals surface area contributed by atoms with E-state index in [0.717, 1.165) is 12.1 Å². The second-order valence-electron chi connectivity index (χ2n) is 4.23. The van der Waals surface area contributed by atoms with E-state index in [9.17, 15) is 0 Å².